The minimum atomic E-state index is -0.0294. The number of hydrogen-bond donors (Lipinski definition) is 2. The van der Waals surface area contributed by atoms with Crippen LogP contribution in [0.2, 0.25) is 0 Å². The molecule has 0 aliphatic heterocycles. The van der Waals surface area contributed by atoms with E-state index >= 15 is 0 Å². The molecule has 0 aromatic heterocycles. The maximum absolute atomic E-state index is 11.1. The molecular formula is C15H24N2O. The molecule has 1 rings (SSSR count). The third kappa shape index (κ3) is 5.21. The first-order valence-corrected chi connectivity index (χ1v) is 6.75. The predicted octanol–water partition coefficient (Wildman–Crippen LogP) is 3.95. The summed E-state index contributed by atoms with van der Waals surface area (Å²) in [5.41, 5.74) is 3.05. The number of hydrogen-bond acceptors (Lipinski definition) is 2. The van der Waals surface area contributed by atoms with E-state index in [0.29, 0.717) is 0 Å². The van der Waals surface area contributed by atoms with E-state index in [1.54, 1.807) is 0 Å². The molecule has 3 nitrogen and oxygen atoms in total. The topological polar surface area (TPSA) is 41.1 Å². The number of rotatable bonds is 7. The van der Waals surface area contributed by atoms with Gasteiger partial charge in [-0.3, -0.25) is 4.79 Å². The summed E-state index contributed by atoms with van der Waals surface area (Å²) in [4.78, 5) is 11.1. The zero-order valence-corrected chi connectivity index (χ0v) is 11.7. The van der Waals surface area contributed by atoms with Crippen molar-refractivity contribution in [1.82, 2.24) is 0 Å². The number of carbonyl (C=O) groups excluding carboxylic acids is 1. The second-order valence-corrected chi connectivity index (χ2v) is 4.70. The molecule has 3 heteroatoms. The van der Waals surface area contributed by atoms with E-state index in [0.717, 1.165) is 23.5 Å². The molecule has 100 valence electrons. The fourth-order valence-electron chi connectivity index (χ4n) is 1.84. The highest BCUT2D eigenvalue weighted by molar-refractivity contribution is 5.90. The van der Waals surface area contributed by atoms with Gasteiger partial charge in [-0.2, -0.15) is 0 Å². The summed E-state index contributed by atoms with van der Waals surface area (Å²) in [6, 6.07) is 6.08. The van der Waals surface area contributed by atoms with Crippen molar-refractivity contribution in [3.8, 4) is 0 Å². The van der Waals surface area contributed by atoms with E-state index in [2.05, 4.69) is 23.6 Å². The Morgan fingerprint density at radius 1 is 1.22 bits per heavy atom. The molecule has 0 aliphatic carbocycles. The lowest BCUT2D eigenvalue weighted by molar-refractivity contribution is -0.114. The summed E-state index contributed by atoms with van der Waals surface area (Å²) in [6.07, 6.45) is 5.02. The number of aryl methyl sites for hydroxylation is 1. The van der Waals surface area contributed by atoms with E-state index in [-0.39, 0.29) is 5.91 Å². The minimum Gasteiger partial charge on any atom is -0.385 e. The molecule has 0 aliphatic rings. The van der Waals surface area contributed by atoms with E-state index in [4.69, 9.17) is 0 Å². The Kier molecular flexibility index (Phi) is 6.26. The maximum Gasteiger partial charge on any atom is 0.221 e. The van der Waals surface area contributed by atoms with Gasteiger partial charge in [0, 0.05) is 24.8 Å². The second kappa shape index (κ2) is 7.75. The molecule has 0 fully saturated rings. The summed E-state index contributed by atoms with van der Waals surface area (Å²) in [5.74, 6) is -0.0294. The van der Waals surface area contributed by atoms with Gasteiger partial charge in [-0.05, 0) is 31.0 Å². The Balaban J connectivity index is 2.48. The van der Waals surface area contributed by atoms with Crippen LogP contribution >= 0.6 is 0 Å². The molecule has 0 radical (unpaired) electrons. The SMILES string of the molecule is CCCCCCNc1ccc(C)c(NC(C)=O)c1. The zero-order chi connectivity index (χ0) is 13.4. The van der Waals surface area contributed by atoms with Gasteiger partial charge in [-0.25, -0.2) is 0 Å². The predicted molar refractivity (Wildman–Crippen MR) is 78.1 cm³/mol. The molecular weight excluding hydrogens is 224 g/mol. The van der Waals surface area contributed by atoms with E-state index < -0.39 is 0 Å². The second-order valence-electron chi connectivity index (χ2n) is 4.70. The van der Waals surface area contributed by atoms with Crippen LogP contribution < -0.4 is 10.6 Å². The van der Waals surface area contributed by atoms with Crippen molar-refractivity contribution in [3.63, 3.8) is 0 Å². The Hall–Kier alpha value is -1.51. The van der Waals surface area contributed by atoms with Gasteiger partial charge in [0.2, 0.25) is 5.91 Å². The van der Waals surface area contributed by atoms with Gasteiger partial charge >= 0.3 is 0 Å². The normalized spacial score (nSPS) is 10.2. The lowest BCUT2D eigenvalue weighted by atomic mass is 10.1. The van der Waals surface area contributed by atoms with E-state index in [9.17, 15) is 4.79 Å². The Morgan fingerprint density at radius 2 is 2.00 bits per heavy atom. The Bertz CT molecular complexity index is 388. The van der Waals surface area contributed by atoms with E-state index in [1.807, 2.05) is 19.1 Å². The maximum atomic E-state index is 11.1. The fourth-order valence-corrected chi connectivity index (χ4v) is 1.84. The van der Waals surface area contributed by atoms with Crippen LogP contribution in [0.25, 0.3) is 0 Å². The summed E-state index contributed by atoms with van der Waals surface area (Å²) >= 11 is 0. The van der Waals surface area contributed by atoms with Crippen LogP contribution in [0.4, 0.5) is 11.4 Å². The largest absolute Gasteiger partial charge is 0.385 e. The molecule has 0 unspecified atom stereocenters. The van der Waals surface area contributed by atoms with Gasteiger partial charge in [0.05, 0.1) is 0 Å². The summed E-state index contributed by atoms with van der Waals surface area (Å²) in [5, 5.41) is 6.24. The Morgan fingerprint density at radius 3 is 2.67 bits per heavy atom. The fraction of sp³-hybridized carbons (Fsp3) is 0.533. The average Bonchev–Trinajstić information content (AvgIpc) is 2.32. The molecule has 0 atom stereocenters. The van der Waals surface area contributed by atoms with Crippen LogP contribution in [0.15, 0.2) is 18.2 Å². The smallest absolute Gasteiger partial charge is 0.221 e. The molecule has 0 saturated carbocycles. The van der Waals surface area contributed by atoms with Gasteiger partial charge in [-0.1, -0.05) is 32.3 Å². The number of anilines is 2. The quantitative estimate of drug-likeness (QED) is 0.717. The monoisotopic (exact) mass is 248 g/mol. The van der Waals surface area contributed by atoms with Crippen LogP contribution in [0.3, 0.4) is 0 Å². The van der Waals surface area contributed by atoms with Crippen LogP contribution in [-0.4, -0.2) is 12.5 Å². The van der Waals surface area contributed by atoms with Gasteiger partial charge in [0.1, 0.15) is 0 Å². The number of nitrogens with one attached hydrogen (secondary N) is 2. The van der Waals surface area contributed by atoms with Crippen molar-refractivity contribution < 1.29 is 4.79 Å². The van der Waals surface area contributed by atoms with Gasteiger partial charge in [0.25, 0.3) is 0 Å². The van der Waals surface area contributed by atoms with Gasteiger partial charge in [-0.15, -0.1) is 0 Å². The first kappa shape index (κ1) is 14.6. The van der Waals surface area contributed by atoms with Crippen LogP contribution in [-0.2, 0) is 4.79 Å². The lowest BCUT2D eigenvalue weighted by Gasteiger charge is -2.11. The number of amides is 1. The highest BCUT2D eigenvalue weighted by atomic mass is 16.1. The first-order chi connectivity index (χ1) is 8.63. The molecule has 18 heavy (non-hydrogen) atoms. The average molecular weight is 248 g/mol. The lowest BCUT2D eigenvalue weighted by Crippen LogP contribution is -2.08. The number of unbranched alkanes of at least 4 members (excludes halogenated alkanes) is 3. The molecule has 1 aromatic carbocycles. The Labute approximate surface area is 110 Å². The van der Waals surface area contributed by atoms with Crippen molar-refractivity contribution in [3.05, 3.63) is 23.8 Å². The van der Waals surface area contributed by atoms with E-state index in [1.165, 1.54) is 32.6 Å². The standard InChI is InChI=1S/C15H24N2O/c1-4-5-6-7-10-16-14-9-8-12(2)15(11-14)17-13(3)18/h8-9,11,16H,4-7,10H2,1-3H3,(H,17,18). The molecule has 0 spiro atoms. The molecule has 0 heterocycles. The van der Waals surface area contributed by atoms with Crippen LogP contribution in [0.5, 0.6) is 0 Å². The molecule has 1 aromatic rings. The first-order valence-electron chi connectivity index (χ1n) is 6.75. The summed E-state index contributed by atoms with van der Waals surface area (Å²) in [6.45, 7) is 6.73. The summed E-state index contributed by atoms with van der Waals surface area (Å²) < 4.78 is 0. The number of benzene rings is 1. The van der Waals surface area contributed by atoms with Crippen molar-refractivity contribution in [2.45, 2.75) is 46.5 Å². The highest BCUT2D eigenvalue weighted by Crippen LogP contribution is 2.20. The summed E-state index contributed by atoms with van der Waals surface area (Å²) in [7, 11) is 0. The third-order valence-electron chi connectivity index (χ3n) is 2.91. The van der Waals surface area contributed by atoms with Crippen molar-refractivity contribution in [2.24, 2.45) is 0 Å². The molecule has 0 bridgehead atoms. The molecule has 0 saturated heterocycles. The number of carbonyl (C=O) groups is 1. The van der Waals surface area contributed by atoms with Crippen LogP contribution in [0, 0.1) is 6.92 Å². The van der Waals surface area contributed by atoms with Crippen LogP contribution in [0.1, 0.15) is 45.1 Å². The minimum absolute atomic E-state index is 0.0294. The highest BCUT2D eigenvalue weighted by Gasteiger charge is 2.01. The van der Waals surface area contributed by atoms with Crippen molar-refractivity contribution in [2.75, 3.05) is 17.2 Å². The van der Waals surface area contributed by atoms with Gasteiger partial charge < -0.3 is 10.6 Å². The molecule has 2 N–H and O–H groups in total. The molecule has 1 amide bonds. The zero-order valence-electron chi connectivity index (χ0n) is 11.7. The van der Waals surface area contributed by atoms with Crippen molar-refractivity contribution >= 4 is 17.3 Å². The van der Waals surface area contributed by atoms with Crippen molar-refractivity contribution in [1.29, 1.82) is 0 Å². The third-order valence-corrected chi connectivity index (χ3v) is 2.91. The van der Waals surface area contributed by atoms with Gasteiger partial charge in [0.15, 0.2) is 0 Å².